The minimum absolute atomic E-state index is 0.0154. The second-order valence-electron chi connectivity index (χ2n) is 5.41. The lowest BCUT2D eigenvalue weighted by Gasteiger charge is -2.30. The molecule has 1 aliphatic heterocycles. The van der Waals surface area contributed by atoms with Crippen molar-refractivity contribution >= 4 is 52.7 Å². The van der Waals surface area contributed by atoms with Gasteiger partial charge in [-0.2, -0.15) is 0 Å². The van der Waals surface area contributed by atoms with Gasteiger partial charge < -0.3 is 10.4 Å². The first-order valence-corrected chi connectivity index (χ1v) is 7.99. The van der Waals surface area contributed by atoms with E-state index in [9.17, 15) is 14.4 Å². The van der Waals surface area contributed by atoms with Gasteiger partial charge in [0.25, 0.3) is 5.91 Å². The van der Waals surface area contributed by atoms with Gasteiger partial charge in [0.15, 0.2) is 11.0 Å². The van der Waals surface area contributed by atoms with Gasteiger partial charge in [-0.05, 0) is 48.6 Å². The topological polar surface area (TPSA) is 99.1 Å². The number of hydrogen-bond donors (Lipinski definition) is 2. The van der Waals surface area contributed by atoms with Gasteiger partial charge in [0.1, 0.15) is 0 Å². The summed E-state index contributed by atoms with van der Waals surface area (Å²) in [5, 5.41) is 11.4. The second kappa shape index (κ2) is 7.24. The van der Waals surface area contributed by atoms with E-state index < -0.39 is 23.7 Å². The molecule has 1 heterocycles. The van der Waals surface area contributed by atoms with Crippen LogP contribution >= 0.6 is 12.2 Å². The van der Waals surface area contributed by atoms with Crippen molar-refractivity contribution in [1.29, 1.82) is 0 Å². The summed E-state index contributed by atoms with van der Waals surface area (Å²) in [6, 6.07) is 14.5. The van der Waals surface area contributed by atoms with E-state index in [0.29, 0.717) is 11.4 Å². The number of thiocarbonyl (C=S) groups is 1. The fourth-order valence-corrected chi connectivity index (χ4v) is 2.69. The Morgan fingerprint density at radius 2 is 1.77 bits per heavy atom. The molecule has 1 saturated heterocycles. The molecule has 0 radical (unpaired) electrons. The Kier molecular flexibility index (Phi) is 4.85. The third-order valence-corrected chi connectivity index (χ3v) is 3.99. The number of anilines is 1. The Balaban J connectivity index is 1.84. The zero-order valence-corrected chi connectivity index (χ0v) is 14.1. The van der Waals surface area contributed by atoms with E-state index in [1.165, 1.54) is 35.4 Å². The number of carboxylic acid groups (broad SMARTS) is 1. The predicted octanol–water partition coefficient (Wildman–Crippen LogP) is 2.15. The molecule has 8 heteroatoms. The highest BCUT2D eigenvalue weighted by atomic mass is 32.1. The highest BCUT2D eigenvalue weighted by molar-refractivity contribution is 7.80. The third kappa shape index (κ3) is 3.50. The molecule has 0 unspecified atom stereocenters. The van der Waals surface area contributed by atoms with E-state index in [-0.39, 0.29) is 10.7 Å². The van der Waals surface area contributed by atoms with Gasteiger partial charge in [-0.3, -0.25) is 19.5 Å². The molecule has 7 nitrogen and oxygen atoms in total. The van der Waals surface area contributed by atoms with Crippen molar-refractivity contribution in [2.45, 2.75) is 0 Å². The van der Waals surface area contributed by atoms with E-state index >= 15 is 0 Å². The molecule has 0 saturated carbocycles. The van der Waals surface area contributed by atoms with Crippen LogP contribution in [0.2, 0.25) is 0 Å². The zero-order valence-electron chi connectivity index (χ0n) is 13.3. The van der Waals surface area contributed by atoms with Crippen LogP contribution in [0, 0.1) is 5.92 Å². The molecule has 2 aromatic rings. The Morgan fingerprint density at radius 1 is 1.12 bits per heavy atom. The van der Waals surface area contributed by atoms with E-state index in [0.717, 1.165) is 0 Å². The summed E-state index contributed by atoms with van der Waals surface area (Å²) in [6.07, 6.45) is 1.23. The van der Waals surface area contributed by atoms with Crippen LogP contribution in [0.25, 0.3) is 0 Å². The second-order valence-corrected chi connectivity index (χ2v) is 5.80. The van der Waals surface area contributed by atoms with Crippen LogP contribution in [0.15, 0.2) is 59.6 Å². The number of benzene rings is 2. The van der Waals surface area contributed by atoms with Crippen LogP contribution in [0.5, 0.6) is 0 Å². The van der Waals surface area contributed by atoms with Gasteiger partial charge in [-0.15, -0.1) is 0 Å². The third-order valence-electron chi connectivity index (χ3n) is 3.70. The summed E-state index contributed by atoms with van der Waals surface area (Å²) < 4.78 is 0. The average molecular weight is 367 g/mol. The van der Waals surface area contributed by atoms with Crippen molar-refractivity contribution in [1.82, 2.24) is 5.32 Å². The van der Waals surface area contributed by atoms with Crippen LogP contribution < -0.4 is 10.2 Å². The van der Waals surface area contributed by atoms with Crippen molar-refractivity contribution in [3.05, 3.63) is 60.2 Å². The van der Waals surface area contributed by atoms with Gasteiger partial charge in [0, 0.05) is 6.21 Å². The molecule has 2 N–H and O–H groups in total. The van der Waals surface area contributed by atoms with Crippen molar-refractivity contribution in [3.8, 4) is 0 Å². The summed E-state index contributed by atoms with van der Waals surface area (Å²) in [5.41, 5.74) is 1.10. The average Bonchev–Trinajstić information content (AvgIpc) is 2.62. The van der Waals surface area contributed by atoms with Crippen molar-refractivity contribution in [2.75, 3.05) is 4.90 Å². The number of carboxylic acids is 1. The van der Waals surface area contributed by atoms with E-state index in [1.54, 1.807) is 30.3 Å². The number of carbonyl (C=O) groups excluding carboxylic acids is 2. The fourth-order valence-electron chi connectivity index (χ4n) is 2.39. The predicted molar refractivity (Wildman–Crippen MR) is 99.7 cm³/mol. The maximum Gasteiger partial charge on any atom is 0.335 e. The molecule has 2 aromatic carbocycles. The number of nitrogens with zero attached hydrogens (tertiary/aromatic N) is 2. The summed E-state index contributed by atoms with van der Waals surface area (Å²) in [6.45, 7) is 0. The lowest BCUT2D eigenvalue weighted by atomic mass is 10.1. The van der Waals surface area contributed by atoms with Gasteiger partial charge in [-0.25, -0.2) is 4.79 Å². The van der Waals surface area contributed by atoms with E-state index in [1.807, 2.05) is 0 Å². The lowest BCUT2D eigenvalue weighted by Crippen LogP contribution is -2.58. The molecule has 0 bridgehead atoms. The molecule has 3 rings (SSSR count). The first-order valence-electron chi connectivity index (χ1n) is 7.59. The molecule has 0 aliphatic carbocycles. The molecule has 1 fully saturated rings. The number of rotatable bonds is 4. The number of carbonyl (C=O) groups is 3. The molecule has 1 atom stereocenters. The standard InChI is InChI=1S/C18H13N3O4S/c22-15-14(10-19-12-8-6-11(7-9-12)17(24)25)16(23)21(18(26)20-15)13-4-2-1-3-5-13/h1-10,14H,(H,24,25)(H,20,22,26)/t14-/m1/s1. The summed E-state index contributed by atoms with van der Waals surface area (Å²) in [7, 11) is 0. The molecule has 2 amide bonds. The first kappa shape index (κ1) is 17.4. The highest BCUT2D eigenvalue weighted by Crippen LogP contribution is 2.20. The Bertz CT molecular complexity index is 910. The number of para-hydroxylation sites is 1. The van der Waals surface area contributed by atoms with Crippen LogP contribution in [0.1, 0.15) is 10.4 Å². The van der Waals surface area contributed by atoms with Crippen LogP contribution in [0.4, 0.5) is 11.4 Å². The minimum Gasteiger partial charge on any atom is -0.478 e. The van der Waals surface area contributed by atoms with Crippen molar-refractivity contribution < 1.29 is 19.5 Å². The number of nitrogens with one attached hydrogen (secondary N) is 1. The molecular weight excluding hydrogens is 354 g/mol. The summed E-state index contributed by atoms with van der Waals surface area (Å²) in [4.78, 5) is 41.1. The molecule has 0 aromatic heterocycles. The van der Waals surface area contributed by atoms with Crippen LogP contribution in [-0.2, 0) is 9.59 Å². The van der Waals surface area contributed by atoms with Gasteiger partial charge >= 0.3 is 5.97 Å². The number of hydrogen-bond acceptors (Lipinski definition) is 5. The van der Waals surface area contributed by atoms with Crippen LogP contribution in [0.3, 0.4) is 0 Å². The van der Waals surface area contributed by atoms with Gasteiger partial charge in [0.05, 0.1) is 16.9 Å². The van der Waals surface area contributed by atoms with Gasteiger partial charge in [-0.1, -0.05) is 18.2 Å². The Hall–Kier alpha value is -3.39. The minimum atomic E-state index is -1.14. The SMILES string of the molecule is O=C(O)c1ccc(N=C[C@@H]2C(=O)NC(=S)N(c3ccccc3)C2=O)cc1. The Labute approximate surface area is 154 Å². The Morgan fingerprint density at radius 3 is 2.38 bits per heavy atom. The zero-order chi connectivity index (χ0) is 18.7. The molecule has 0 spiro atoms. The maximum atomic E-state index is 12.7. The smallest absolute Gasteiger partial charge is 0.335 e. The largest absolute Gasteiger partial charge is 0.478 e. The molecule has 26 heavy (non-hydrogen) atoms. The van der Waals surface area contributed by atoms with E-state index in [4.69, 9.17) is 17.3 Å². The first-order chi connectivity index (χ1) is 12.5. The molecule has 1 aliphatic rings. The van der Waals surface area contributed by atoms with Crippen molar-refractivity contribution in [3.63, 3.8) is 0 Å². The van der Waals surface area contributed by atoms with Crippen molar-refractivity contribution in [2.24, 2.45) is 10.9 Å². The normalized spacial score (nSPS) is 17.5. The monoisotopic (exact) mass is 367 g/mol. The molecular formula is C18H13N3O4S. The fraction of sp³-hybridized carbons (Fsp3) is 0.0556. The maximum absolute atomic E-state index is 12.7. The summed E-state index contributed by atoms with van der Waals surface area (Å²) in [5.74, 6) is -3.25. The summed E-state index contributed by atoms with van der Waals surface area (Å²) >= 11 is 5.11. The molecule has 130 valence electrons. The van der Waals surface area contributed by atoms with E-state index in [2.05, 4.69) is 10.3 Å². The van der Waals surface area contributed by atoms with Gasteiger partial charge in [0.2, 0.25) is 5.91 Å². The van der Waals surface area contributed by atoms with Crippen LogP contribution in [-0.4, -0.2) is 34.2 Å². The lowest BCUT2D eigenvalue weighted by molar-refractivity contribution is -0.130. The number of aromatic carboxylic acids is 1. The quantitative estimate of drug-likeness (QED) is 0.490. The number of amides is 2. The highest BCUT2D eigenvalue weighted by Gasteiger charge is 2.38. The number of aliphatic imine (C=N–C) groups is 1.